The quantitative estimate of drug-likeness (QED) is 0.463. The number of hydrogen-bond acceptors (Lipinski definition) is 3. The molecular formula is C14H9BrClNO3. The Kier molecular flexibility index (Phi) is 4.52. The lowest BCUT2D eigenvalue weighted by molar-refractivity contribution is -0.385. The van der Waals surface area contributed by atoms with Crippen molar-refractivity contribution in [2.45, 2.75) is 6.42 Å². The molecule has 0 spiro atoms. The lowest BCUT2D eigenvalue weighted by Crippen LogP contribution is -2.06. The van der Waals surface area contributed by atoms with Gasteiger partial charge in [0.25, 0.3) is 5.69 Å². The van der Waals surface area contributed by atoms with Crippen molar-refractivity contribution >= 4 is 39.0 Å². The fraction of sp³-hybridized carbons (Fsp3) is 0.0714. The summed E-state index contributed by atoms with van der Waals surface area (Å²) in [5.41, 5.74) is 0.807. The molecule has 0 saturated carbocycles. The van der Waals surface area contributed by atoms with Crippen LogP contribution in [0.2, 0.25) is 5.02 Å². The number of carbonyl (C=O) groups is 1. The molecular weight excluding hydrogens is 346 g/mol. The standard InChI is InChI=1S/C14H9BrClNO3/c15-11-7-10(5-6-12(11)16)14(18)8-9-3-1-2-4-13(9)17(19)20/h1-7H,8H2. The zero-order chi connectivity index (χ0) is 14.7. The molecule has 2 rings (SSSR count). The minimum absolute atomic E-state index is 0.0226. The molecule has 2 aromatic carbocycles. The van der Waals surface area contributed by atoms with Gasteiger partial charge in [0.15, 0.2) is 5.78 Å². The molecule has 0 atom stereocenters. The number of ketones is 1. The molecule has 0 radical (unpaired) electrons. The first-order valence-corrected chi connectivity index (χ1v) is 6.86. The maximum Gasteiger partial charge on any atom is 0.273 e. The zero-order valence-electron chi connectivity index (χ0n) is 10.2. The van der Waals surface area contributed by atoms with Crippen LogP contribution in [0.4, 0.5) is 5.69 Å². The number of nitro groups is 1. The van der Waals surface area contributed by atoms with Crippen molar-refractivity contribution in [2.24, 2.45) is 0 Å². The van der Waals surface area contributed by atoms with Gasteiger partial charge in [-0.05, 0) is 34.1 Å². The number of nitro benzene ring substituents is 1. The summed E-state index contributed by atoms with van der Waals surface area (Å²) in [6.45, 7) is 0. The smallest absolute Gasteiger partial charge is 0.273 e. The van der Waals surface area contributed by atoms with Crippen LogP contribution < -0.4 is 0 Å². The lowest BCUT2D eigenvalue weighted by atomic mass is 10.0. The van der Waals surface area contributed by atoms with Gasteiger partial charge in [-0.25, -0.2) is 0 Å². The third-order valence-corrected chi connectivity index (χ3v) is 3.99. The van der Waals surface area contributed by atoms with E-state index in [0.717, 1.165) is 0 Å². The van der Waals surface area contributed by atoms with E-state index < -0.39 is 4.92 Å². The van der Waals surface area contributed by atoms with Crippen molar-refractivity contribution < 1.29 is 9.72 Å². The van der Waals surface area contributed by atoms with Crippen molar-refractivity contribution in [1.29, 1.82) is 0 Å². The van der Waals surface area contributed by atoms with E-state index in [4.69, 9.17) is 11.6 Å². The Hall–Kier alpha value is -1.72. The van der Waals surface area contributed by atoms with Crippen molar-refractivity contribution in [3.05, 3.63) is 73.2 Å². The minimum atomic E-state index is -0.486. The highest BCUT2D eigenvalue weighted by Crippen LogP contribution is 2.25. The largest absolute Gasteiger partial charge is 0.294 e. The Bertz CT molecular complexity index is 688. The van der Waals surface area contributed by atoms with Crippen molar-refractivity contribution in [3.8, 4) is 0 Å². The fourth-order valence-electron chi connectivity index (χ4n) is 1.78. The number of halogens is 2. The second-order valence-corrected chi connectivity index (χ2v) is 5.38. The second-order valence-electron chi connectivity index (χ2n) is 4.11. The predicted octanol–water partition coefficient (Wildman–Crippen LogP) is 4.44. The van der Waals surface area contributed by atoms with Gasteiger partial charge in [0.2, 0.25) is 0 Å². The number of para-hydroxylation sites is 1. The number of hydrogen-bond donors (Lipinski definition) is 0. The third-order valence-electron chi connectivity index (χ3n) is 2.78. The van der Waals surface area contributed by atoms with Gasteiger partial charge in [0.05, 0.1) is 9.95 Å². The van der Waals surface area contributed by atoms with E-state index in [-0.39, 0.29) is 17.9 Å². The number of benzene rings is 2. The summed E-state index contributed by atoms with van der Waals surface area (Å²) >= 11 is 9.11. The monoisotopic (exact) mass is 353 g/mol. The van der Waals surface area contributed by atoms with Gasteiger partial charge >= 0.3 is 0 Å². The second kappa shape index (κ2) is 6.15. The van der Waals surface area contributed by atoms with Gasteiger partial charge in [-0.15, -0.1) is 0 Å². The molecule has 20 heavy (non-hydrogen) atoms. The number of carbonyl (C=O) groups excluding carboxylic acids is 1. The van der Waals surface area contributed by atoms with E-state index in [0.29, 0.717) is 20.6 Å². The first kappa shape index (κ1) is 14.7. The van der Waals surface area contributed by atoms with E-state index in [2.05, 4.69) is 15.9 Å². The number of Topliss-reactive ketones (excluding diaryl/α,β-unsaturated/α-hetero) is 1. The number of nitrogens with zero attached hydrogens (tertiary/aromatic N) is 1. The van der Waals surface area contributed by atoms with Crippen molar-refractivity contribution in [3.63, 3.8) is 0 Å². The topological polar surface area (TPSA) is 60.2 Å². The lowest BCUT2D eigenvalue weighted by Gasteiger charge is -2.04. The highest BCUT2D eigenvalue weighted by molar-refractivity contribution is 9.10. The summed E-state index contributed by atoms with van der Waals surface area (Å²) in [7, 11) is 0. The molecule has 0 bridgehead atoms. The van der Waals surface area contributed by atoms with Gasteiger partial charge in [-0.3, -0.25) is 14.9 Å². The van der Waals surface area contributed by atoms with Gasteiger partial charge < -0.3 is 0 Å². The van der Waals surface area contributed by atoms with Gasteiger partial charge in [-0.1, -0.05) is 29.8 Å². The van der Waals surface area contributed by atoms with Crippen LogP contribution in [0, 0.1) is 10.1 Å². The molecule has 0 saturated heterocycles. The van der Waals surface area contributed by atoms with Gasteiger partial charge in [0, 0.05) is 28.1 Å². The summed E-state index contributed by atoms with van der Waals surface area (Å²) in [6.07, 6.45) is -0.0226. The number of rotatable bonds is 4. The molecule has 0 heterocycles. The molecule has 0 unspecified atom stereocenters. The van der Waals surface area contributed by atoms with Crippen LogP contribution >= 0.6 is 27.5 Å². The molecule has 0 aliphatic heterocycles. The molecule has 0 amide bonds. The van der Waals surface area contributed by atoms with E-state index in [1.807, 2.05) is 0 Å². The van der Waals surface area contributed by atoms with Crippen LogP contribution in [-0.4, -0.2) is 10.7 Å². The normalized spacial score (nSPS) is 10.3. The molecule has 6 heteroatoms. The first-order chi connectivity index (χ1) is 9.49. The van der Waals surface area contributed by atoms with Crippen LogP contribution in [0.3, 0.4) is 0 Å². The Morgan fingerprint density at radius 1 is 1.25 bits per heavy atom. The molecule has 0 fully saturated rings. The summed E-state index contributed by atoms with van der Waals surface area (Å²) in [5, 5.41) is 11.4. The molecule has 0 N–H and O–H groups in total. The highest BCUT2D eigenvalue weighted by Gasteiger charge is 2.16. The Morgan fingerprint density at radius 3 is 2.60 bits per heavy atom. The molecule has 4 nitrogen and oxygen atoms in total. The third kappa shape index (κ3) is 3.23. The maximum absolute atomic E-state index is 12.2. The van der Waals surface area contributed by atoms with Crippen molar-refractivity contribution in [2.75, 3.05) is 0 Å². The average molecular weight is 355 g/mol. The molecule has 0 aromatic heterocycles. The first-order valence-electron chi connectivity index (χ1n) is 5.69. The van der Waals surface area contributed by atoms with Gasteiger partial charge in [-0.2, -0.15) is 0 Å². The van der Waals surface area contributed by atoms with Crippen LogP contribution in [0.1, 0.15) is 15.9 Å². The maximum atomic E-state index is 12.2. The molecule has 0 aliphatic rings. The summed E-state index contributed by atoms with van der Waals surface area (Å²) < 4.78 is 0.618. The molecule has 0 aliphatic carbocycles. The van der Waals surface area contributed by atoms with Crippen LogP contribution in [0.25, 0.3) is 0 Å². The summed E-state index contributed by atoms with van der Waals surface area (Å²) in [5.74, 6) is -0.198. The van der Waals surface area contributed by atoms with E-state index in [1.165, 1.54) is 6.07 Å². The van der Waals surface area contributed by atoms with E-state index >= 15 is 0 Å². The average Bonchev–Trinajstić information content (AvgIpc) is 2.42. The van der Waals surface area contributed by atoms with Crippen LogP contribution in [0.5, 0.6) is 0 Å². The Morgan fingerprint density at radius 2 is 1.95 bits per heavy atom. The Labute approximate surface area is 128 Å². The predicted molar refractivity (Wildman–Crippen MR) is 80.3 cm³/mol. The van der Waals surface area contributed by atoms with Crippen LogP contribution in [0.15, 0.2) is 46.9 Å². The highest BCUT2D eigenvalue weighted by atomic mass is 79.9. The van der Waals surface area contributed by atoms with Gasteiger partial charge in [0.1, 0.15) is 0 Å². The van der Waals surface area contributed by atoms with E-state index in [1.54, 1.807) is 36.4 Å². The Balaban J connectivity index is 2.28. The summed E-state index contributed by atoms with van der Waals surface area (Å²) in [4.78, 5) is 22.6. The zero-order valence-corrected chi connectivity index (χ0v) is 12.5. The SMILES string of the molecule is O=C(Cc1ccccc1[N+](=O)[O-])c1ccc(Cl)c(Br)c1. The minimum Gasteiger partial charge on any atom is -0.294 e. The van der Waals surface area contributed by atoms with E-state index in [9.17, 15) is 14.9 Å². The summed E-state index contributed by atoms with van der Waals surface area (Å²) in [6, 6.07) is 11.0. The molecule has 102 valence electrons. The molecule has 2 aromatic rings. The fourth-order valence-corrected chi connectivity index (χ4v) is 2.28. The van der Waals surface area contributed by atoms with Crippen LogP contribution in [-0.2, 0) is 6.42 Å². The van der Waals surface area contributed by atoms with Crippen molar-refractivity contribution in [1.82, 2.24) is 0 Å².